The first-order valence-corrected chi connectivity index (χ1v) is 6.67. The van der Waals surface area contributed by atoms with Crippen LogP contribution in [0, 0.1) is 17.0 Å². The van der Waals surface area contributed by atoms with Crippen LogP contribution < -0.4 is 0 Å². The van der Waals surface area contributed by atoms with Crippen LogP contribution in [-0.4, -0.2) is 24.7 Å². The van der Waals surface area contributed by atoms with E-state index in [4.69, 9.17) is 16.0 Å². The number of benzene rings is 1. The summed E-state index contributed by atoms with van der Waals surface area (Å²) in [6.45, 7) is 1.98. The van der Waals surface area contributed by atoms with Crippen molar-refractivity contribution in [3.05, 3.63) is 57.3 Å². The van der Waals surface area contributed by atoms with E-state index in [9.17, 15) is 10.1 Å². The Hall–Kier alpha value is -2.74. The quantitative estimate of drug-likeness (QED) is 0.541. The number of hydrogen-bond donors (Lipinski definition) is 0. The van der Waals surface area contributed by atoms with E-state index in [1.807, 2.05) is 19.1 Å². The highest BCUT2D eigenvalue weighted by atomic mass is 35.5. The van der Waals surface area contributed by atoms with Gasteiger partial charge in [-0.2, -0.15) is 4.68 Å². The van der Waals surface area contributed by atoms with Crippen LogP contribution in [-0.2, 0) is 6.54 Å². The van der Waals surface area contributed by atoms with Crippen molar-refractivity contribution in [1.29, 1.82) is 0 Å². The van der Waals surface area contributed by atoms with Gasteiger partial charge in [0, 0.05) is 15.7 Å². The molecule has 3 rings (SSSR count). The largest absolute Gasteiger partial charge is 0.490 e. The van der Waals surface area contributed by atoms with Crippen LogP contribution in [0.15, 0.2) is 35.0 Å². The fraction of sp³-hybridized carbons (Fsp3) is 0.154. The zero-order valence-electron chi connectivity index (χ0n) is 11.4. The Morgan fingerprint density at radius 2 is 2.09 bits per heavy atom. The number of nitrogens with zero attached hydrogens (tertiary/aromatic N) is 5. The van der Waals surface area contributed by atoms with Crippen molar-refractivity contribution in [1.82, 2.24) is 19.7 Å². The molecule has 0 atom stereocenters. The molecule has 2 aromatic heterocycles. The van der Waals surface area contributed by atoms with E-state index in [0.29, 0.717) is 22.4 Å². The van der Waals surface area contributed by atoms with Crippen molar-refractivity contribution in [2.24, 2.45) is 0 Å². The summed E-state index contributed by atoms with van der Waals surface area (Å²) in [7, 11) is 0. The minimum atomic E-state index is -0.656. The van der Waals surface area contributed by atoms with E-state index in [1.54, 1.807) is 12.1 Å². The molecule has 2 heterocycles. The molecule has 0 aliphatic heterocycles. The summed E-state index contributed by atoms with van der Waals surface area (Å²) in [6.07, 6.45) is 1.26. The van der Waals surface area contributed by atoms with Gasteiger partial charge in [0.1, 0.15) is 6.54 Å². The maximum Gasteiger partial charge on any atom is 0.490 e. The highest BCUT2D eigenvalue weighted by molar-refractivity contribution is 6.30. The van der Waals surface area contributed by atoms with Crippen molar-refractivity contribution in [2.45, 2.75) is 13.5 Å². The van der Waals surface area contributed by atoms with Crippen LogP contribution in [0.3, 0.4) is 0 Å². The van der Waals surface area contributed by atoms with Gasteiger partial charge in [0.15, 0.2) is 5.76 Å². The third-order valence-electron chi connectivity index (χ3n) is 2.93. The molecular formula is C13H10ClN5O3. The van der Waals surface area contributed by atoms with Crippen LogP contribution in [0.5, 0.6) is 0 Å². The topological polar surface area (TPSA) is 99.9 Å². The van der Waals surface area contributed by atoms with E-state index in [0.717, 1.165) is 5.56 Å². The molecule has 0 amide bonds. The molecule has 0 aliphatic rings. The molecule has 8 nitrogen and oxygen atoms in total. The first kappa shape index (κ1) is 14.2. The summed E-state index contributed by atoms with van der Waals surface area (Å²) in [4.78, 5) is 17.8. The summed E-state index contributed by atoms with van der Waals surface area (Å²) >= 11 is 5.86. The SMILES string of the molecule is Cc1nc(Cn2cnc([N+](=O)[O-])n2)oc1-c1ccc(Cl)cc1. The average molecular weight is 320 g/mol. The van der Waals surface area contributed by atoms with Gasteiger partial charge in [-0.3, -0.25) is 0 Å². The number of hydrogen-bond acceptors (Lipinski definition) is 6. The summed E-state index contributed by atoms with van der Waals surface area (Å²) in [6, 6.07) is 7.19. The van der Waals surface area contributed by atoms with Crippen molar-refractivity contribution < 1.29 is 9.34 Å². The van der Waals surface area contributed by atoms with E-state index in [1.165, 1.54) is 11.0 Å². The maximum atomic E-state index is 10.6. The molecule has 0 N–H and O–H groups in total. The number of aromatic nitrogens is 4. The summed E-state index contributed by atoms with van der Waals surface area (Å²) in [5.74, 6) is 0.560. The maximum absolute atomic E-state index is 10.6. The zero-order valence-corrected chi connectivity index (χ0v) is 12.2. The van der Waals surface area contributed by atoms with E-state index in [2.05, 4.69) is 15.1 Å². The van der Waals surface area contributed by atoms with Gasteiger partial charge in [-0.25, -0.2) is 4.98 Å². The molecular weight excluding hydrogens is 310 g/mol. The lowest BCUT2D eigenvalue weighted by atomic mass is 10.1. The molecule has 0 aliphatic carbocycles. The van der Waals surface area contributed by atoms with E-state index in [-0.39, 0.29) is 6.54 Å². The van der Waals surface area contributed by atoms with Gasteiger partial charge in [-0.1, -0.05) is 16.6 Å². The Morgan fingerprint density at radius 3 is 2.73 bits per heavy atom. The summed E-state index contributed by atoms with van der Waals surface area (Å²) in [5.41, 5.74) is 1.57. The first-order chi connectivity index (χ1) is 10.5. The summed E-state index contributed by atoms with van der Waals surface area (Å²) in [5, 5.41) is 14.9. The van der Waals surface area contributed by atoms with Crippen LogP contribution in [0.1, 0.15) is 11.6 Å². The Balaban J connectivity index is 1.85. The summed E-state index contributed by atoms with van der Waals surface area (Å²) < 4.78 is 7.00. The molecule has 0 spiro atoms. The molecule has 0 unspecified atom stereocenters. The molecule has 1 aromatic carbocycles. The smallest absolute Gasteiger partial charge is 0.438 e. The van der Waals surface area contributed by atoms with Gasteiger partial charge in [0.25, 0.3) is 0 Å². The molecule has 0 radical (unpaired) electrons. The molecule has 0 saturated carbocycles. The third kappa shape index (κ3) is 2.82. The van der Waals surface area contributed by atoms with Crippen LogP contribution in [0.4, 0.5) is 5.95 Å². The Morgan fingerprint density at radius 1 is 1.36 bits per heavy atom. The van der Waals surface area contributed by atoms with E-state index >= 15 is 0 Å². The van der Waals surface area contributed by atoms with Gasteiger partial charge >= 0.3 is 5.95 Å². The lowest BCUT2D eigenvalue weighted by Gasteiger charge is -1.97. The highest BCUT2D eigenvalue weighted by Gasteiger charge is 2.17. The molecule has 0 fully saturated rings. The lowest BCUT2D eigenvalue weighted by Crippen LogP contribution is -2.01. The number of oxazole rings is 1. The molecule has 0 saturated heterocycles. The van der Waals surface area contributed by atoms with Crippen molar-refractivity contribution in [3.8, 4) is 11.3 Å². The van der Waals surface area contributed by atoms with Crippen LogP contribution in [0.25, 0.3) is 11.3 Å². The number of nitro groups is 1. The normalized spacial score (nSPS) is 10.8. The Kier molecular flexibility index (Phi) is 3.60. The van der Waals surface area contributed by atoms with Crippen molar-refractivity contribution in [2.75, 3.05) is 0 Å². The van der Waals surface area contributed by atoms with Gasteiger partial charge < -0.3 is 14.5 Å². The molecule has 112 valence electrons. The second-order valence-corrected chi connectivity index (χ2v) is 4.96. The zero-order chi connectivity index (χ0) is 15.7. The fourth-order valence-corrected chi connectivity index (χ4v) is 2.10. The first-order valence-electron chi connectivity index (χ1n) is 6.29. The monoisotopic (exact) mass is 319 g/mol. The lowest BCUT2D eigenvalue weighted by molar-refractivity contribution is -0.394. The minimum Gasteiger partial charge on any atom is -0.438 e. The molecule has 0 bridgehead atoms. The Labute approximate surface area is 129 Å². The van der Waals surface area contributed by atoms with Crippen LogP contribution in [0.2, 0.25) is 5.02 Å². The highest BCUT2D eigenvalue weighted by Crippen LogP contribution is 2.26. The number of rotatable bonds is 4. The van der Waals surface area contributed by atoms with E-state index < -0.39 is 10.9 Å². The predicted molar refractivity (Wildman–Crippen MR) is 77.5 cm³/mol. The number of halogens is 1. The predicted octanol–water partition coefficient (Wildman–Crippen LogP) is 2.85. The van der Waals surface area contributed by atoms with Crippen molar-refractivity contribution in [3.63, 3.8) is 0 Å². The second-order valence-electron chi connectivity index (χ2n) is 4.53. The van der Waals surface area contributed by atoms with Gasteiger partial charge in [-0.15, -0.1) is 0 Å². The minimum absolute atomic E-state index is 0.162. The van der Waals surface area contributed by atoms with Crippen molar-refractivity contribution >= 4 is 17.5 Å². The molecule has 9 heteroatoms. The number of aryl methyl sites for hydroxylation is 1. The van der Waals surface area contributed by atoms with Gasteiger partial charge in [0.2, 0.25) is 12.2 Å². The average Bonchev–Trinajstić information content (AvgIpc) is 3.07. The fourth-order valence-electron chi connectivity index (χ4n) is 1.97. The molecule has 22 heavy (non-hydrogen) atoms. The molecule has 3 aromatic rings. The van der Waals surface area contributed by atoms with Gasteiger partial charge in [-0.05, 0) is 36.1 Å². The third-order valence-corrected chi connectivity index (χ3v) is 3.18. The van der Waals surface area contributed by atoms with Crippen LogP contribution >= 0.6 is 11.6 Å². The Bertz CT molecular complexity index is 825. The van der Waals surface area contributed by atoms with Gasteiger partial charge in [0.05, 0.1) is 5.69 Å². The second kappa shape index (κ2) is 5.57. The standard InChI is InChI=1S/C13H10ClN5O3/c1-8-12(9-2-4-10(14)5-3-9)22-11(16-8)6-18-7-15-13(17-18)19(20)21/h2-5,7H,6H2,1H3.